The van der Waals surface area contributed by atoms with E-state index in [1.807, 2.05) is 29.2 Å². The number of carbonyl (C=O) groups is 1. The maximum absolute atomic E-state index is 12.0. The van der Waals surface area contributed by atoms with Gasteiger partial charge in [-0.15, -0.1) is 0 Å². The van der Waals surface area contributed by atoms with Gasteiger partial charge in [0.05, 0.1) is 0 Å². The molecule has 5 heteroatoms. The van der Waals surface area contributed by atoms with E-state index in [9.17, 15) is 4.79 Å². The molecule has 2 rings (SSSR count). The first-order valence-corrected chi connectivity index (χ1v) is 7.47. The SMILES string of the molecule is O=C(CCCCO)N1CCN(c2cccc(Cl)c2)CC1. The molecule has 20 heavy (non-hydrogen) atoms. The van der Waals surface area contributed by atoms with Crippen molar-refractivity contribution in [3.8, 4) is 0 Å². The largest absolute Gasteiger partial charge is 0.396 e. The molecule has 0 unspecified atom stereocenters. The van der Waals surface area contributed by atoms with E-state index < -0.39 is 0 Å². The Kier molecular flexibility index (Phi) is 5.68. The highest BCUT2D eigenvalue weighted by atomic mass is 35.5. The molecule has 4 nitrogen and oxygen atoms in total. The number of nitrogens with zero attached hydrogens (tertiary/aromatic N) is 2. The third kappa shape index (κ3) is 4.12. The second-order valence-electron chi connectivity index (χ2n) is 5.03. The molecule has 0 radical (unpaired) electrons. The predicted molar refractivity (Wildman–Crippen MR) is 81.2 cm³/mol. The number of benzene rings is 1. The van der Waals surface area contributed by atoms with E-state index in [1.165, 1.54) is 0 Å². The van der Waals surface area contributed by atoms with Gasteiger partial charge in [-0.1, -0.05) is 17.7 Å². The summed E-state index contributed by atoms with van der Waals surface area (Å²) in [6.45, 7) is 3.35. The Hall–Kier alpha value is -1.26. The molecule has 0 spiro atoms. The molecular weight excluding hydrogens is 276 g/mol. The van der Waals surface area contributed by atoms with Crippen LogP contribution < -0.4 is 4.90 Å². The number of rotatable bonds is 5. The number of aliphatic hydroxyl groups excluding tert-OH is 1. The fourth-order valence-corrected chi connectivity index (χ4v) is 2.62. The van der Waals surface area contributed by atoms with Crippen LogP contribution >= 0.6 is 11.6 Å². The Morgan fingerprint density at radius 3 is 2.60 bits per heavy atom. The maximum Gasteiger partial charge on any atom is 0.222 e. The summed E-state index contributed by atoms with van der Waals surface area (Å²) in [6.07, 6.45) is 2.01. The van der Waals surface area contributed by atoms with Crippen LogP contribution in [-0.2, 0) is 4.79 Å². The van der Waals surface area contributed by atoms with Crippen molar-refractivity contribution in [2.75, 3.05) is 37.7 Å². The van der Waals surface area contributed by atoms with Crippen LogP contribution in [0.2, 0.25) is 5.02 Å². The van der Waals surface area contributed by atoms with E-state index in [0.29, 0.717) is 12.8 Å². The summed E-state index contributed by atoms with van der Waals surface area (Å²) in [4.78, 5) is 16.1. The van der Waals surface area contributed by atoms with Gasteiger partial charge in [-0.05, 0) is 31.0 Å². The molecule has 1 aliphatic rings. The molecule has 1 aromatic rings. The van der Waals surface area contributed by atoms with Gasteiger partial charge < -0.3 is 14.9 Å². The van der Waals surface area contributed by atoms with Crippen molar-refractivity contribution < 1.29 is 9.90 Å². The van der Waals surface area contributed by atoms with Crippen LogP contribution in [-0.4, -0.2) is 48.7 Å². The van der Waals surface area contributed by atoms with Crippen LogP contribution in [0.25, 0.3) is 0 Å². The first-order chi connectivity index (χ1) is 9.70. The Balaban J connectivity index is 1.81. The number of unbranched alkanes of at least 4 members (excludes halogenated alkanes) is 1. The lowest BCUT2D eigenvalue weighted by Crippen LogP contribution is -2.48. The second-order valence-corrected chi connectivity index (χ2v) is 5.46. The Bertz CT molecular complexity index is 445. The summed E-state index contributed by atoms with van der Waals surface area (Å²) in [5, 5.41) is 9.47. The van der Waals surface area contributed by atoms with E-state index in [2.05, 4.69) is 4.90 Å². The van der Waals surface area contributed by atoms with Gasteiger partial charge >= 0.3 is 0 Å². The van der Waals surface area contributed by atoms with Crippen molar-refractivity contribution in [1.82, 2.24) is 4.90 Å². The van der Waals surface area contributed by atoms with E-state index in [0.717, 1.165) is 43.3 Å². The molecule has 1 amide bonds. The Morgan fingerprint density at radius 1 is 1.20 bits per heavy atom. The smallest absolute Gasteiger partial charge is 0.222 e. The van der Waals surface area contributed by atoms with Gasteiger partial charge in [0.2, 0.25) is 5.91 Å². The van der Waals surface area contributed by atoms with Gasteiger partial charge in [-0.2, -0.15) is 0 Å². The summed E-state index contributed by atoms with van der Waals surface area (Å²) in [6, 6.07) is 7.82. The Morgan fingerprint density at radius 2 is 1.95 bits per heavy atom. The van der Waals surface area contributed by atoms with Gasteiger partial charge in [0.1, 0.15) is 0 Å². The van der Waals surface area contributed by atoms with Crippen molar-refractivity contribution in [3.63, 3.8) is 0 Å². The number of hydrogen-bond acceptors (Lipinski definition) is 3. The average molecular weight is 297 g/mol. The number of hydrogen-bond donors (Lipinski definition) is 1. The molecule has 1 aliphatic heterocycles. The zero-order valence-corrected chi connectivity index (χ0v) is 12.4. The molecule has 0 saturated carbocycles. The van der Waals surface area contributed by atoms with Crippen LogP contribution in [0, 0.1) is 0 Å². The molecule has 1 heterocycles. The lowest BCUT2D eigenvalue weighted by atomic mass is 10.2. The van der Waals surface area contributed by atoms with Gasteiger partial charge in [-0.3, -0.25) is 4.79 Å². The highest BCUT2D eigenvalue weighted by Gasteiger charge is 2.20. The highest BCUT2D eigenvalue weighted by Crippen LogP contribution is 2.21. The number of halogens is 1. The molecular formula is C15H21ClN2O2. The first-order valence-electron chi connectivity index (χ1n) is 7.10. The molecule has 1 N–H and O–H groups in total. The third-order valence-electron chi connectivity index (χ3n) is 3.60. The number of aliphatic hydroxyl groups is 1. The molecule has 0 aromatic heterocycles. The quantitative estimate of drug-likeness (QED) is 0.847. The average Bonchev–Trinajstić information content (AvgIpc) is 2.47. The molecule has 0 bridgehead atoms. The summed E-state index contributed by atoms with van der Waals surface area (Å²) in [7, 11) is 0. The maximum atomic E-state index is 12.0. The molecule has 1 aromatic carbocycles. The van der Waals surface area contributed by atoms with Crippen molar-refractivity contribution in [2.24, 2.45) is 0 Å². The van der Waals surface area contributed by atoms with Crippen LogP contribution in [0.1, 0.15) is 19.3 Å². The number of carbonyl (C=O) groups excluding carboxylic acids is 1. The number of piperazine rings is 1. The van der Waals surface area contributed by atoms with Gasteiger partial charge in [-0.25, -0.2) is 0 Å². The summed E-state index contributed by atoms with van der Waals surface area (Å²) in [5.74, 6) is 0.198. The fourth-order valence-electron chi connectivity index (χ4n) is 2.43. The van der Waals surface area contributed by atoms with E-state index in [-0.39, 0.29) is 12.5 Å². The van der Waals surface area contributed by atoms with Crippen LogP contribution in [0.5, 0.6) is 0 Å². The number of anilines is 1. The zero-order chi connectivity index (χ0) is 14.4. The van der Waals surface area contributed by atoms with Crippen LogP contribution in [0.15, 0.2) is 24.3 Å². The summed E-state index contributed by atoms with van der Waals surface area (Å²) < 4.78 is 0. The monoisotopic (exact) mass is 296 g/mol. The summed E-state index contributed by atoms with van der Waals surface area (Å²) in [5.41, 5.74) is 1.12. The standard InChI is InChI=1S/C15H21ClN2O2/c16-13-4-3-5-14(12-13)17-7-9-18(10-8-17)15(20)6-1-2-11-19/h3-5,12,19H,1-2,6-11H2. The second kappa shape index (κ2) is 7.50. The Labute approximate surface area is 124 Å². The van der Waals surface area contributed by atoms with Crippen molar-refractivity contribution in [3.05, 3.63) is 29.3 Å². The molecule has 0 aliphatic carbocycles. The lowest BCUT2D eigenvalue weighted by Gasteiger charge is -2.36. The van der Waals surface area contributed by atoms with Crippen molar-refractivity contribution >= 4 is 23.2 Å². The summed E-state index contributed by atoms with van der Waals surface area (Å²) >= 11 is 6.00. The third-order valence-corrected chi connectivity index (χ3v) is 3.84. The van der Waals surface area contributed by atoms with Crippen molar-refractivity contribution in [2.45, 2.75) is 19.3 Å². The van der Waals surface area contributed by atoms with E-state index in [4.69, 9.17) is 16.7 Å². The normalized spacial score (nSPS) is 15.5. The predicted octanol–water partition coefficient (Wildman–Crippen LogP) is 2.15. The minimum atomic E-state index is 0.163. The van der Waals surface area contributed by atoms with Gasteiger partial charge in [0.15, 0.2) is 0 Å². The highest BCUT2D eigenvalue weighted by molar-refractivity contribution is 6.30. The molecule has 1 saturated heterocycles. The molecule has 110 valence electrons. The number of amides is 1. The van der Waals surface area contributed by atoms with Gasteiger partial charge in [0, 0.05) is 49.9 Å². The van der Waals surface area contributed by atoms with Crippen molar-refractivity contribution in [1.29, 1.82) is 0 Å². The van der Waals surface area contributed by atoms with E-state index in [1.54, 1.807) is 0 Å². The van der Waals surface area contributed by atoms with Crippen LogP contribution in [0.3, 0.4) is 0 Å². The van der Waals surface area contributed by atoms with Crippen LogP contribution in [0.4, 0.5) is 5.69 Å². The first kappa shape index (κ1) is 15.1. The zero-order valence-electron chi connectivity index (χ0n) is 11.6. The fraction of sp³-hybridized carbons (Fsp3) is 0.533. The van der Waals surface area contributed by atoms with Gasteiger partial charge in [0.25, 0.3) is 0 Å². The lowest BCUT2D eigenvalue weighted by molar-refractivity contribution is -0.131. The van der Waals surface area contributed by atoms with E-state index >= 15 is 0 Å². The minimum absolute atomic E-state index is 0.163. The molecule has 1 fully saturated rings. The minimum Gasteiger partial charge on any atom is -0.396 e. The topological polar surface area (TPSA) is 43.8 Å². The molecule has 0 atom stereocenters.